The van der Waals surface area contributed by atoms with Crippen LogP contribution in [0.15, 0.2) is 0 Å². The van der Waals surface area contributed by atoms with Crippen molar-refractivity contribution >= 4 is 5.97 Å². The van der Waals surface area contributed by atoms with Crippen LogP contribution in [0.4, 0.5) is 0 Å². The van der Waals surface area contributed by atoms with Gasteiger partial charge in [-0.05, 0) is 6.42 Å². The largest absolute Gasteiger partial charge is 0.466 e. The second-order valence-corrected chi connectivity index (χ2v) is 2.03. The summed E-state index contributed by atoms with van der Waals surface area (Å²) in [6.45, 7) is 4.89. The van der Waals surface area contributed by atoms with Crippen LogP contribution in [0.5, 0.6) is 0 Å². The zero-order valence-corrected chi connectivity index (χ0v) is 6.14. The van der Waals surface area contributed by atoms with Crippen molar-refractivity contribution < 1.29 is 9.53 Å². The minimum absolute atomic E-state index is 0.0463. The van der Waals surface area contributed by atoms with Crippen LogP contribution in [-0.4, -0.2) is 12.6 Å². The van der Waals surface area contributed by atoms with Gasteiger partial charge in [0.05, 0.1) is 6.61 Å². The standard InChI is InChI=1S/C4H6O2.C3H8/c5-4-2-1-3-6-4;1-3-2/h1-3H2;3H2,1-2H3. The van der Waals surface area contributed by atoms with Gasteiger partial charge in [0.1, 0.15) is 0 Å². The highest BCUT2D eigenvalue weighted by Crippen LogP contribution is 2.01. The van der Waals surface area contributed by atoms with E-state index in [0.717, 1.165) is 6.42 Å². The highest BCUT2D eigenvalue weighted by molar-refractivity contribution is 5.70. The fraction of sp³-hybridized carbons (Fsp3) is 0.857. The fourth-order valence-corrected chi connectivity index (χ4v) is 0.475. The summed E-state index contributed by atoms with van der Waals surface area (Å²) < 4.78 is 4.51. The molecule has 1 aliphatic heterocycles. The normalized spacial score (nSPS) is 16.0. The molecule has 9 heavy (non-hydrogen) atoms. The van der Waals surface area contributed by atoms with Gasteiger partial charge in [-0.25, -0.2) is 0 Å². The van der Waals surface area contributed by atoms with E-state index in [1.165, 1.54) is 6.42 Å². The molecule has 0 spiro atoms. The quantitative estimate of drug-likeness (QED) is 0.467. The summed E-state index contributed by atoms with van der Waals surface area (Å²) in [4.78, 5) is 10.0. The lowest BCUT2D eigenvalue weighted by Crippen LogP contribution is -1.88. The summed E-state index contributed by atoms with van der Waals surface area (Å²) in [5.41, 5.74) is 0. The molecule has 0 unspecified atom stereocenters. The Morgan fingerprint density at radius 2 is 2.11 bits per heavy atom. The molecule has 0 aliphatic carbocycles. The number of hydrogen-bond donors (Lipinski definition) is 0. The summed E-state index contributed by atoms with van der Waals surface area (Å²) in [7, 11) is 0. The molecule has 1 aliphatic rings. The van der Waals surface area contributed by atoms with E-state index >= 15 is 0 Å². The van der Waals surface area contributed by atoms with E-state index in [9.17, 15) is 4.79 Å². The van der Waals surface area contributed by atoms with Crippen LogP contribution in [0, 0.1) is 0 Å². The Morgan fingerprint density at radius 1 is 1.56 bits per heavy atom. The number of hydrogen-bond acceptors (Lipinski definition) is 2. The molecular weight excluding hydrogens is 116 g/mol. The molecule has 0 N–H and O–H groups in total. The van der Waals surface area contributed by atoms with Crippen LogP contribution in [0.2, 0.25) is 0 Å². The molecule has 0 amide bonds. The van der Waals surface area contributed by atoms with Crippen LogP contribution >= 0.6 is 0 Å². The Hall–Kier alpha value is -0.530. The first-order valence-corrected chi connectivity index (χ1v) is 3.46. The first-order valence-electron chi connectivity index (χ1n) is 3.46. The maximum Gasteiger partial charge on any atom is 0.305 e. The van der Waals surface area contributed by atoms with E-state index in [-0.39, 0.29) is 5.97 Å². The molecular formula is C7H14O2. The number of carbonyl (C=O) groups is 1. The van der Waals surface area contributed by atoms with E-state index in [2.05, 4.69) is 18.6 Å². The van der Waals surface area contributed by atoms with Crippen molar-refractivity contribution in [1.82, 2.24) is 0 Å². The maximum atomic E-state index is 10.0. The SMILES string of the molecule is CCC.O=C1CCCO1. The van der Waals surface area contributed by atoms with Crippen LogP contribution in [0.1, 0.15) is 33.1 Å². The Morgan fingerprint density at radius 3 is 2.22 bits per heavy atom. The lowest BCUT2D eigenvalue weighted by Gasteiger charge is -1.81. The lowest BCUT2D eigenvalue weighted by atomic mass is 10.4. The van der Waals surface area contributed by atoms with Crippen molar-refractivity contribution in [2.75, 3.05) is 6.61 Å². The molecule has 0 bridgehead atoms. The molecule has 54 valence electrons. The van der Waals surface area contributed by atoms with Crippen molar-refractivity contribution in [3.05, 3.63) is 0 Å². The topological polar surface area (TPSA) is 26.3 Å². The first-order chi connectivity index (χ1) is 4.31. The molecule has 0 aromatic carbocycles. The van der Waals surface area contributed by atoms with Crippen LogP contribution in [-0.2, 0) is 9.53 Å². The van der Waals surface area contributed by atoms with Gasteiger partial charge in [0.15, 0.2) is 0 Å². The van der Waals surface area contributed by atoms with Gasteiger partial charge >= 0.3 is 5.97 Å². The van der Waals surface area contributed by atoms with Crippen LogP contribution in [0.25, 0.3) is 0 Å². The van der Waals surface area contributed by atoms with E-state index in [0.29, 0.717) is 13.0 Å². The summed E-state index contributed by atoms with van der Waals surface area (Å²) >= 11 is 0. The third kappa shape index (κ3) is 5.34. The second kappa shape index (κ2) is 5.60. The average molecular weight is 130 g/mol. The van der Waals surface area contributed by atoms with E-state index in [4.69, 9.17) is 0 Å². The summed E-state index contributed by atoms with van der Waals surface area (Å²) in [5, 5.41) is 0. The van der Waals surface area contributed by atoms with Gasteiger partial charge in [-0.3, -0.25) is 4.79 Å². The Balaban J connectivity index is 0.000000187. The van der Waals surface area contributed by atoms with Crippen LogP contribution in [0.3, 0.4) is 0 Å². The van der Waals surface area contributed by atoms with Crippen LogP contribution < -0.4 is 0 Å². The molecule has 0 radical (unpaired) electrons. The van der Waals surface area contributed by atoms with Gasteiger partial charge in [-0.1, -0.05) is 20.3 Å². The highest BCUT2D eigenvalue weighted by atomic mass is 16.5. The van der Waals surface area contributed by atoms with Crippen molar-refractivity contribution in [2.45, 2.75) is 33.1 Å². The summed E-state index contributed by atoms with van der Waals surface area (Å²) in [6, 6.07) is 0. The smallest absolute Gasteiger partial charge is 0.305 e. The summed E-state index contributed by atoms with van der Waals surface area (Å²) in [5.74, 6) is -0.0463. The van der Waals surface area contributed by atoms with Gasteiger partial charge in [0.2, 0.25) is 0 Å². The Kier molecular flexibility index (Phi) is 5.27. The van der Waals surface area contributed by atoms with Crippen molar-refractivity contribution in [1.29, 1.82) is 0 Å². The summed E-state index contributed by atoms with van der Waals surface area (Å²) in [6.07, 6.45) is 2.79. The molecule has 1 heterocycles. The van der Waals surface area contributed by atoms with Gasteiger partial charge in [-0.2, -0.15) is 0 Å². The average Bonchev–Trinajstić information content (AvgIpc) is 2.20. The Bertz CT molecular complexity index is 71.0. The van der Waals surface area contributed by atoms with E-state index in [1.54, 1.807) is 0 Å². The minimum Gasteiger partial charge on any atom is -0.466 e. The highest BCUT2D eigenvalue weighted by Gasteiger charge is 2.08. The van der Waals surface area contributed by atoms with Crippen molar-refractivity contribution in [2.24, 2.45) is 0 Å². The molecule has 1 saturated heterocycles. The predicted molar refractivity (Wildman–Crippen MR) is 36.2 cm³/mol. The number of rotatable bonds is 0. The third-order valence-corrected chi connectivity index (χ3v) is 0.788. The van der Waals surface area contributed by atoms with E-state index < -0.39 is 0 Å². The molecule has 0 atom stereocenters. The molecule has 0 aromatic rings. The molecule has 2 nitrogen and oxygen atoms in total. The van der Waals surface area contributed by atoms with Crippen molar-refractivity contribution in [3.8, 4) is 0 Å². The second-order valence-electron chi connectivity index (χ2n) is 2.03. The third-order valence-electron chi connectivity index (χ3n) is 0.788. The fourth-order valence-electron chi connectivity index (χ4n) is 0.475. The number of carbonyl (C=O) groups excluding carboxylic acids is 1. The lowest BCUT2D eigenvalue weighted by molar-refractivity contribution is -0.137. The number of esters is 1. The zero-order chi connectivity index (χ0) is 7.11. The predicted octanol–water partition coefficient (Wildman–Crippen LogP) is 1.74. The van der Waals surface area contributed by atoms with Gasteiger partial charge < -0.3 is 4.74 Å². The zero-order valence-electron chi connectivity index (χ0n) is 6.14. The van der Waals surface area contributed by atoms with Gasteiger partial charge in [0.25, 0.3) is 0 Å². The molecule has 0 saturated carbocycles. The van der Waals surface area contributed by atoms with Gasteiger partial charge in [0, 0.05) is 6.42 Å². The van der Waals surface area contributed by atoms with E-state index in [1.807, 2.05) is 0 Å². The first kappa shape index (κ1) is 8.47. The number of cyclic esters (lactones) is 1. The molecule has 0 aromatic heterocycles. The maximum absolute atomic E-state index is 10.0. The molecule has 2 heteroatoms. The van der Waals surface area contributed by atoms with Crippen molar-refractivity contribution in [3.63, 3.8) is 0 Å². The number of ether oxygens (including phenoxy) is 1. The minimum atomic E-state index is -0.0463. The molecule has 1 rings (SSSR count). The monoisotopic (exact) mass is 130 g/mol. The Labute approximate surface area is 56.2 Å². The van der Waals surface area contributed by atoms with Gasteiger partial charge in [-0.15, -0.1) is 0 Å². The molecule has 1 fully saturated rings.